The summed E-state index contributed by atoms with van der Waals surface area (Å²) in [5, 5.41) is 4.01. The Morgan fingerprint density at radius 1 is 1.62 bits per heavy atom. The fourth-order valence-corrected chi connectivity index (χ4v) is 2.53. The minimum absolute atomic E-state index is 0.306. The molecule has 1 N–H and O–H groups in total. The summed E-state index contributed by atoms with van der Waals surface area (Å²) >= 11 is 9.44. The quantitative estimate of drug-likeness (QED) is 0.908. The lowest BCUT2D eigenvalue weighted by molar-refractivity contribution is 0.0232. The molecule has 1 aromatic heterocycles. The molecule has 1 saturated heterocycles. The van der Waals surface area contributed by atoms with Crippen molar-refractivity contribution in [2.75, 3.05) is 11.9 Å². The Hall–Kier alpha value is -0.320. The van der Waals surface area contributed by atoms with Crippen molar-refractivity contribution < 1.29 is 4.74 Å². The van der Waals surface area contributed by atoms with Gasteiger partial charge in [-0.25, -0.2) is 4.98 Å². The Bertz CT molecular complexity index is 375. The van der Waals surface area contributed by atoms with Crippen molar-refractivity contribution in [2.45, 2.75) is 31.9 Å². The highest BCUT2D eigenvalue weighted by molar-refractivity contribution is 9.10. The fourth-order valence-electron chi connectivity index (χ4n) is 1.84. The van der Waals surface area contributed by atoms with Crippen LogP contribution in [0.2, 0.25) is 5.02 Å². The largest absolute Gasteiger partial charge is 0.378 e. The summed E-state index contributed by atoms with van der Waals surface area (Å²) in [7, 11) is 0. The predicted molar refractivity (Wildman–Crippen MR) is 69.0 cm³/mol. The van der Waals surface area contributed by atoms with Crippen LogP contribution in [0.15, 0.2) is 16.7 Å². The molecule has 0 spiro atoms. The third-order valence-corrected chi connectivity index (χ3v) is 3.36. The molecule has 3 nitrogen and oxygen atoms in total. The van der Waals surface area contributed by atoms with Crippen LogP contribution in [0.5, 0.6) is 0 Å². The number of anilines is 1. The molecule has 16 heavy (non-hydrogen) atoms. The fraction of sp³-hybridized carbons (Fsp3) is 0.545. The number of hydrogen-bond donors (Lipinski definition) is 1. The van der Waals surface area contributed by atoms with Crippen molar-refractivity contribution in [3.05, 3.63) is 21.8 Å². The third-order valence-electron chi connectivity index (χ3n) is 2.63. The van der Waals surface area contributed by atoms with Gasteiger partial charge in [-0.2, -0.15) is 0 Å². The van der Waals surface area contributed by atoms with E-state index in [0.29, 0.717) is 17.2 Å². The first-order chi connectivity index (χ1) is 7.65. The van der Waals surface area contributed by atoms with Crippen molar-refractivity contribution in [3.63, 3.8) is 0 Å². The topological polar surface area (TPSA) is 34.2 Å². The van der Waals surface area contributed by atoms with Gasteiger partial charge < -0.3 is 10.1 Å². The summed E-state index contributed by atoms with van der Waals surface area (Å²) in [4.78, 5) is 4.27. The smallest absolute Gasteiger partial charge is 0.145 e. The molecule has 2 atom stereocenters. The van der Waals surface area contributed by atoms with Gasteiger partial charge in [0, 0.05) is 23.3 Å². The molecule has 0 radical (unpaired) electrons. The monoisotopic (exact) mass is 304 g/mol. The number of aromatic nitrogens is 1. The first kappa shape index (κ1) is 12.1. The van der Waals surface area contributed by atoms with Crippen LogP contribution >= 0.6 is 27.5 Å². The first-order valence-electron chi connectivity index (χ1n) is 5.34. The summed E-state index contributed by atoms with van der Waals surface area (Å²) in [6, 6.07) is 2.24. The van der Waals surface area contributed by atoms with Crippen LogP contribution in [-0.2, 0) is 4.74 Å². The average Bonchev–Trinajstić information content (AvgIpc) is 2.22. The lowest BCUT2D eigenvalue weighted by atomic mass is 10.0. The summed E-state index contributed by atoms with van der Waals surface area (Å²) in [6.07, 6.45) is 4.05. The molecule has 1 aromatic rings. The van der Waals surface area contributed by atoms with Crippen LogP contribution in [0.4, 0.5) is 5.82 Å². The molecule has 2 rings (SSSR count). The van der Waals surface area contributed by atoms with Gasteiger partial charge in [0.15, 0.2) is 0 Å². The van der Waals surface area contributed by atoms with Gasteiger partial charge in [0.05, 0.1) is 11.1 Å². The molecule has 0 bridgehead atoms. The normalized spacial score (nSPS) is 25.4. The van der Waals surface area contributed by atoms with E-state index in [4.69, 9.17) is 16.3 Å². The number of nitrogens with zero attached hydrogens (tertiary/aromatic N) is 1. The van der Waals surface area contributed by atoms with Gasteiger partial charge in [-0.05, 0) is 41.8 Å². The first-order valence-corrected chi connectivity index (χ1v) is 6.51. The third kappa shape index (κ3) is 3.09. The van der Waals surface area contributed by atoms with Crippen molar-refractivity contribution in [2.24, 2.45) is 0 Å². The molecule has 88 valence electrons. The number of rotatable bonds is 2. The van der Waals surface area contributed by atoms with Crippen LogP contribution in [-0.4, -0.2) is 23.7 Å². The molecular weight excluding hydrogens is 291 g/mol. The van der Waals surface area contributed by atoms with Crippen LogP contribution in [0.3, 0.4) is 0 Å². The second-order valence-electron chi connectivity index (χ2n) is 4.03. The van der Waals surface area contributed by atoms with Crippen molar-refractivity contribution in [1.29, 1.82) is 0 Å². The molecule has 1 aliphatic rings. The molecule has 2 heterocycles. The highest BCUT2D eigenvalue weighted by Gasteiger charge is 2.20. The van der Waals surface area contributed by atoms with Gasteiger partial charge in [-0.1, -0.05) is 11.6 Å². The highest BCUT2D eigenvalue weighted by Crippen LogP contribution is 2.25. The lowest BCUT2D eigenvalue weighted by Gasteiger charge is -2.28. The van der Waals surface area contributed by atoms with Crippen molar-refractivity contribution in [3.8, 4) is 0 Å². The zero-order valence-corrected chi connectivity index (χ0v) is 11.4. The zero-order valence-electron chi connectivity index (χ0n) is 9.04. The van der Waals surface area contributed by atoms with E-state index < -0.39 is 0 Å². The zero-order chi connectivity index (χ0) is 11.5. The van der Waals surface area contributed by atoms with E-state index in [1.54, 1.807) is 6.20 Å². The van der Waals surface area contributed by atoms with Crippen molar-refractivity contribution in [1.82, 2.24) is 4.98 Å². The summed E-state index contributed by atoms with van der Waals surface area (Å²) in [5.74, 6) is 0.754. The van der Waals surface area contributed by atoms with E-state index in [2.05, 4.69) is 33.2 Å². The molecular formula is C11H14BrClN2O. The number of hydrogen-bond acceptors (Lipinski definition) is 3. The second kappa shape index (κ2) is 5.34. The van der Waals surface area contributed by atoms with E-state index in [-0.39, 0.29) is 0 Å². The Labute approximate surface area is 109 Å². The van der Waals surface area contributed by atoms with Gasteiger partial charge in [-0.3, -0.25) is 0 Å². The molecule has 1 fully saturated rings. The average molecular weight is 306 g/mol. The molecule has 5 heteroatoms. The Kier molecular flexibility index (Phi) is 4.05. The number of ether oxygens (including phenoxy) is 1. The maximum Gasteiger partial charge on any atom is 0.145 e. The van der Waals surface area contributed by atoms with E-state index in [0.717, 1.165) is 29.7 Å². The van der Waals surface area contributed by atoms with Crippen LogP contribution in [0.1, 0.15) is 19.8 Å². The van der Waals surface area contributed by atoms with Gasteiger partial charge in [0.25, 0.3) is 0 Å². The Morgan fingerprint density at radius 2 is 2.44 bits per heavy atom. The standard InChI is InChI=1S/C11H14BrClN2O/c1-7-4-9(2-3-16-7)15-11-10(13)5-8(12)6-14-11/h5-7,9H,2-4H2,1H3,(H,14,15). The maximum absolute atomic E-state index is 6.10. The Morgan fingerprint density at radius 3 is 3.12 bits per heavy atom. The highest BCUT2D eigenvalue weighted by atomic mass is 79.9. The number of pyridine rings is 1. The second-order valence-corrected chi connectivity index (χ2v) is 5.35. The van der Waals surface area contributed by atoms with E-state index >= 15 is 0 Å². The van der Waals surface area contributed by atoms with Crippen LogP contribution in [0, 0.1) is 0 Å². The van der Waals surface area contributed by atoms with E-state index in [1.807, 2.05) is 6.07 Å². The summed E-state index contributed by atoms with van der Waals surface area (Å²) < 4.78 is 6.39. The molecule has 0 aromatic carbocycles. The molecule has 2 unspecified atom stereocenters. The van der Waals surface area contributed by atoms with Crippen molar-refractivity contribution >= 4 is 33.3 Å². The van der Waals surface area contributed by atoms with Gasteiger partial charge in [0.1, 0.15) is 5.82 Å². The molecule has 0 saturated carbocycles. The SMILES string of the molecule is CC1CC(Nc2ncc(Br)cc2Cl)CCO1. The summed E-state index contributed by atoms with van der Waals surface area (Å²) in [5.41, 5.74) is 0. The van der Waals surface area contributed by atoms with E-state index in [1.165, 1.54) is 0 Å². The maximum atomic E-state index is 6.10. The number of nitrogens with one attached hydrogen (secondary N) is 1. The predicted octanol–water partition coefficient (Wildman–Crippen LogP) is 3.48. The molecule has 1 aliphatic heterocycles. The molecule has 0 amide bonds. The summed E-state index contributed by atoms with van der Waals surface area (Å²) in [6.45, 7) is 2.89. The minimum atomic E-state index is 0.306. The van der Waals surface area contributed by atoms with Gasteiger partial charge in [-0.15, -0.1) is 0 Å². The van der Waals surface area contributed by atoms with E-state index in [9.17, 15) is 0 Å². The lowest BCUT2D eigenvalue weighted by Crippen LogP contribution is -2.32. The van der Waals surface area contributed by atoms with Crippen LogP contribution < -0.4 is 5.32 Å². The molecule has 0 aliphatic carbocycles. The Balaban J connectivity index is 2.02. The van der Waals surface area contributed by atoms with Gasteiger partial charge >= 0.3 is 0 Å². The van der Waals surface area contributed by atoms with Crippen LogP contribution in [0.25, 0.3) is 0 Å². The van der Waals surface area contributed by atoms with Gasteiger partial charge in [0.2, 0.25) is 0 Å². The number of halogens is 2. The minimum Gasteiger partial charge on any atom is -0.378 e.